The molecule has 0 aliphatic rings. The normalized spacial score (nSPS) is 11.1. The van der Waals surface area contributed by atoms with E-state index in [2.05, 4.69) is 10.3 Å². The second-order valence-corrected chi connectivity index (χ2v) is 5.30. The summed E-state index contributed by atoms with van der Waals surface area (Å²) < 4.78 is 48.3. The lowest BCUT2D eigenvalue weighted by atomic mass is 10.2. The molecule has 2 aromatic rings. The molecule has 8 heteroatoms. The fourth-order valence-corrected chi connectivity index (χ4v) is 2.17. The van der Waals surface area contributed by atoms with Gasteiger partial charge in [0.2, 0.25) is 0 Å². The largest absolute Gasteiger partial charge is 0.494 e. The molecule has 0 bridgehead atoms. The third-order valence-corrected chi connectivity index (χ3v) is 3.38. The third-order valence-electron chi connectivity index (χ3n) is 3.38. The predicted octanol–water partition coefficient (Wildman–Crippen LogP) is 4.16. The Morgan fingerprint density at radius 1 is 1.27 bits per heavy atom. The molecule has 1 N–H and O–H groups in total. The van der Waals surface area contributed by atoms with E-state index in [1.54, 1.807) is 13.0 Å². The molecule has 0 radical (unpaired) electrons. The summed E-state index contributed by atoms with van der Waals surface area (Å²) in [5.74, 6) is -0.286. The van der Waals surface area contributed by atoms with Crippen LogP contribution in [0.1, 0.15) is 29.3 Å². The van der Waals surface area contributed by atoms with E-state index in [1.807, 2.05) is 0 Å². The van der Waals surface area contributed by atoms with Gasteiger partial charge in [-0.1, -0.05) is 6.07 Å². The topological polar surface area (TPSA) is 60.5 Å². The van der Waals surface area contributed by atoms with Crippen LogP contribution in [0.3, 0.4) is 0 Å². The van der Waals surface area contributed by atoms with Gasteiger partial charge >= 0.3 is 12.1 Å². The number of halogens is 3. The van der Waals surface area contributed by atoms with Crippen LogP contribution in [0.2, 0.25) is 0 Å². The second-order valence-electron chi connectivity index (χ2n) is 5.30. The van der Waals surface area contributed by atoms with Crippen molar-refractivity contribution < 1.29 is 27.4 Å². The molecule has 0 amide bonds. The molecule has 2 rings (SSSR count). The van der Waals surface area contributed by atoms with Gasteiger partial charge in [0.1, 0.15) is 5.75 Å². The molecule has 1 heterocycles. The van der Waals surface area contributed by atoms with Crippen LogP contribution in [0.5, 0.6) is 5.75 Å². The van der Waals surface area contributed by atoms with Crippen molar-refractivity contribution >= 4 is 11.7 Å². The Morgan fingerprint density at radius 2 is 2.08 bits per heavy atom. The highest BCUT2D eigenvalue weighted by Gasteiger charge is 2.30. The number of carbonyl (C=O) groups is 1. The zero-order valence-electron chi connectivity index (χ0n) is 14.2. The Hall–Kier alpha value is -2.77. The number of benzene rings is 1. The van der Waals surface area contributed by atoms with Crippen molar-refractivity contribution in [2.45, 2.75) is 19.5 Å². The van der Waals surface area contributed by atoms with Gasteiger partial charge in [0, 0.05) is 12.7 Å². The number of nitrogens with one attached hydrogen (secondary N) is 1. The quantitative estimate of drug-likeness (QED) is 0.560. The van der Waals surface area contributed by atoms with Gasteiger partial charge < -0.3 is 14.8 Å². The summed E-state index contributed by atoms with van der Waals surface area (Å²) in [7, 11) is 0. The number of rotatable bonds is 8. The van der Waals surface area contributed by atoms with E-state index in [0.717, 1.165) is 12.1 Å². The minimum atomic E-state index is -4.40. The fourth-order valence-electron chi connectivity index (χ4n) is 2.17. The number of hydrogen-bond acceptors (Lipinski definition) is 5. The monoisotopic (exact) mass is 368 g/mol. The Kier molecular flexibility index (Phi) is 6.82. The maximum Gasteiger partial charge on any atom is 0.416 e. The predicted molar refractivity (Wildman–Crippen MR) is 90.2 cm³/mol. The summed E-state index contributed by atoms with van der Waals surface area (Å²) in [5, 5.41) is 3.05. The van der Waals surface area contributed by atoms with E-state index in [1.165, 1.54) is 24.5 Å². The van der Waals surface area contributed by atoms with Crippen molar-refractivity contribution in [2.75, 3.05) is 25.1 Å². The van der Waals surface area contributed by atoms with E-state index in [9.17, 15) is 18.0 Å². The van der Waals surface area contributed by atoms with Gasteiger partial charge in [-0.3, -0.25) is 4.98 Å². The lowest BCUT2D eigenvalue weighted by molar-refractivity contribution is -0.137. The second kappa shape index (κ2) is 9.07. The molecule has 0 fully saturated rings. The summed E-state index contributed by atoms with van der Waals surface area (Å²) >= 11 is 0. The van der Waals surface area contributed by atoms with Gasteiger partial charge in [-0.05, 0) is 37.6 Å². The minimum Gasteiger partial charge on any atom is -0.494 e. The summed E-state index contributed by atoms with van der Waals surface area (Å²) in [6.07, 6.45) is -0.869. The van der Waals surface area contributed by atoms with E-state index in [-0.39, 0.29) is 19.0 Å². The molecule has 0 aliphatic carbocycles. The van der Waals surface area contributed by atoms with Crippen molar-refractivity contribution in [2.24, 2.45) is 0 Å². The van der Waals surface area contributed by atoms with Crippen molar-refractivity contribution in [3.63, 3.8) is 0 Å². The zero-order valence-corrected chi connectivity index (χ0v) is 14.2. The number of nitrogens with zero attached hydrogens (tertiary/aromatic N) is 1. The molecular formula is C18H19F3N2O3. The first-order chi connectivity index (χ1) is 12.4. The fraction of sp³-hybridized carbons (Fsp3) is 0.333. The maximum atomic E-state index is 12.6. The maximum absolute atomic E-state index is 12.6. The number of aromatic nitrogens is 1. The smallest absolute Gasteiger partial charge is 0.416 e. The highest BCUT2D eigenvalue weighted by molar-refractivity contribution is 5.95. The number of anilines is 1. The van der Waals surface area contributed by atoms with E-state index in [0.29, 0.717) is 24.2 Å². The van der Waals surface area contributed by atoms with Gasteiger partial charge in [-0.2, -0.15) is 13.2 Å². The molecule has 1 aromatic heterocycles. The van der Waals surface area contributed by atoms with Crippen LogP contribution >= 0.6 is 0 Å². The van der Waals surface area contributed by atoms with Gasteiger partial charge in [0.25, 0.3) is 0 Å². The first-order valence-corrected chi connectivity index (χ1v) is 8.07. The van der Waals surface area contributed by atoms with E-state index >= 15 is 0 Å². The molecule has 0 saturated carbocycles. The Morgan fingerprint density at radius 3 is 2.81 bits per heavy atom. The third kappa shape index (κ3) is 5.65. The molecule has 1 aromatic carbocycles. The van der Waals surface area contributed by atoms with Crippen LogP contribution in [-0.2, 0) is 10.9 Å². The molecule has 26 heavy (non-hydrogen) atoms. The summed E-state index contributed by atoms with van der Waals surface area (Å²) in [5.41, 5.74) is 0.160. The highest BCUT2D eigenvalue weighted by Crippen LogP contribution is 2.31. The first-order valence-electron chi connectivity index (χ1n) is 8.07. The van der Waals surface area contributed by atoms with Crippen LogP contribution in [0.15, 0.2) is 42.7 Å². The van der Waals surface area contributed by atoms with E-state index in [4.69, 9.17) is 9.47 Å². The molecular weight excluding hydrogens is 349 g/mol. The molecule has 0 aliphatic heterocycles. The van der Waals surface area contributed by atoms with Crippen LogP contribution in [0.25, 0.3) is 0 Å². The van der Waals surface area contributed by atoms with Gasteiger partial charge in [0.05, 0.1) is 36.2 Å². The molecule has 0 spiro atoms. The molecule has 140 valence electrons. The number of alkyl halides is 3. The van der Waals surface area contributed by atoms with Gasteiger partial charge in [0.15, 0.2) is 0 Å². The molecule has 0 unspecified atom stereocenters. The number of carbonyl (C=O) groups excluding carboxylic acids is 1. The minimum absolute atomic E-state index is 0.161. The lowest BCUT2D eigenvalue weighted by Crippen LogP contribution is -2.13. The number of hydrogen-bond donors (Lipinski definition) is 1. The highest BCUT2D eigenvalue weighted by atomic mass is 19.4. The van der Waals surface area contributed by atoms with Crippen molar-refractivity contribution in [1.82, 2.24) is 4.98 Å². The van der Waals surface area contributed by atoms with Gasteiger partial charge in [-0.15, -0.1) is 0 Å². The summed E-state index contributed by atoms with van der Waals surface area (Å²) in [6, 6.07) is 6.29. The SMILES string of the molecule is CCOC(=O)c1ccncc1NCCCOc1cccc(C(F)(F)F)c1. The summed E-state index contributed by atoms with van der Waals surface area (Å²) in [4.78, 5) is 15.8. The molecule has 0 atom stereocenters. The van der Waals surface area contributed by atoms with Crippen LogP contribution in [-0.4, -0.2) is 30.7 Å². The zero-order chi connectivity index (χ0) is 19.0. The van der Waals surface area contributed by atoms with Crippen molar-refractivity contribution in [3.8, 4) is 5.75 Å². The molecule has 5 nitrogen and oxygen atoms in total. The van der Waals surface area contributed by atoms with Crippen molar-refractivity contribution in [1.29, 1.82) is 0 Å². The number of esters is 1. The standard InChI is InChI=1S/C18H19F3N2O3/c1-2-25-17(24)15-7-9-22-12-16(15)23-8-4-10-26-14-6-3-5-13(11-14)18(19,20)21/h3,5-7,9,11-12,23H,2,4,8,10H2,1H3. The number of pyridine rings is 1. The molecule has 0 saturated heterocycles. The summed E-state index contributed by atoms with van der Waals surface area (Å²) in [6.45, 7) is 2.67. The van der Waals surface area contributed by atoms with Gasteiger partial charge in [-0.25, -0.2) is 4.79 Å². The number of ether oxygens (including phenoxy) is 2. The van der Waals surface area contributed by atoms with Crippen LogP contribution in [0.4, 0.5) is 18.9 Å². The average molecular weight is 368 g/mol. The van der Waals surface area contributed by atoms with Crippen molar-refractivity contribution in [3.05, 3.63) is 53.9 Å². The Labute approximate surface area is 149 Å². The Balaban J connectivity index is 1.82. The van der Waals surface area contributed by atoms with Crippen LogP contribution < -0.4 is 10.1 Å². The van der Waals surface area contributed by atoms with Crippen LogP contribution in [0, 0.1) is 0 Å². The Bertz CT molecular complexity index is 736. The first kappa shape index (κ1) is 19.6. The lowest BCUT2D eigenvalue weighted by Gasteiger charge is -2.12. The average Bonchev–Trinajstić information content (AvgIpc) is 2.61. The van der Waals surface area contributed by atoms with E-state index < -0.39 is 17.7 Å².